The molecule has 2 aromatic heterocycles. The monoisotopic (exact) mass is 381 g/mol. The highest BCUT2D eigenvalue weighted by atomic mass is 16.5. The van der Waals surface area contributed by atoms with E-state index in [9.17, 15) is 9.59 Å². The van der Waals surface area contributed by atoms with E-state index >= 15 is 0 Å². The number of esters is 1. The van der Waals surface area contributed by atoms with E-state index in [-0.39, 0.29) is 29.9 Å². The quantitative estimate of drug-likeness (QED) is 0.494. The van der Waals surface area contributed by atoms with Gasteiger partial charge in [-0.2, -0.15) is 9.97 Å². The largest absolute Gasteiger partial charge is 0.427 e. The molecule has 28 heavy (non-hydrogen) atoms. The molecule has 0 aliphatic heterocycles. The second kappa shape index (κ2) is 7.82. The fourth-order valence-electron chi connectivity index (χ4n) is 2.60. The van der Waals surface area contributed by atoms with Crippen LogP contribution in [0.1, 0.15) is 26.0 Å². The third kappa shape index (κ3) is 4.11. The number of carbonyl (C=O) groups is 2. The van der Waals surface area contributed by atoms with Crippen LogP contribution >= 0.6 is 0 Å². The van der Waals surface area contributed by atoms with Crippen LogP contribution in [0.2, 0.25) is 0 Å². The summed E-state index contributed by atoms with van der Waals surface area (Å²) in [7, 11) is 0. The number of hydrogen-bond donors (Lipinski definition) is 2. The van der Waals surface area contributed by atoms with Gasteiger partial charge in [0.1, 0.15) is 5.75 Å². The van der Waals surface area contributed by atoms with Gasteiger partial charge in [0.25, 0.3) is 0 Å². The zero-order valence-corrected chi connectivity index (χ0v) is 15.4. The average molecular weight is 381 g/mol. The van der Waals surface area contributed by atoms with Crippen molar-refractivity contribution in [2.24, 2.45) is 0 Å². The van der Waals surface area contributed by atoms with Crippen LogP contribution in [0, 0.1) is 0 Å². The summed E-state index contributed by atoms with van der Waals surface area (Å²) in [6.07, 6.45) is 1.81. The molecule has 1 aromatic carbocycles. The van der Waals surface area contributed by atoms with Gasteiger partial charge in [-0.3, -0.25) is 9.59 Å². The van der Waals surface area contributed by atoms with Gasteiger partial charge < -0.3 is 21.1 Å². The van der Waals surface area contributed by atoms with Gasteiger partial charge in [-0.05, 0) is 24.3 Å². The Bertz CT molecular complexity index is 1040. The first kappa shape index (κ1) is 19.0. The predicted molar refractivity (Wildman–Crippen MR) is 103 cm³/mol. The van der Waals surface area contributed by atoms with Gasteiger partial charge in [0, 0.05) is 19.0 Å². The number of aromatic nitrogens is 4. The Labute approximate surface area is 160 Å². The van der Waals surface area contributed by atoms with Gasteiger partial charge in [0.15, 0.2) is 17.0 Å². The van der Waals surface area contributed by atoms with Crippen molar-refractivity contribution in [1.29, 1.82) is 0 Å². The minimum atomic E-state index is -0.416. The minimum Gasteiger partial charge on any atom is -0.427 e. The molecule has 144 valence electrons. The molecule has 0 aliphatic carbocycles. The number of fused-ring (bicyclic) bond motifs is 1. The number of anilines is 3. The van der Waals surface area contributed by atoms with E-state index in [1.807, 2.05) is 0 Å². The molecular formula is C18H19N7O3. The van der Waals surface area contributed by atoms with Crippen LogP contribution in [-0.2, 0) is 16.1 Å². The number of ether oxygens (including phenoxy) is 1. The summed E-state index contributed by atoms with van der Waals surface area (Å²) in [6, 6.07) is 6.62. The van der Waals surface area contributed by atoms with Crippen molar-refractivity contribution in [3.8, 4) is 5.75 Å². The lowest BCUT2D eigenvalue weighted by Crippen LogP contribution is -2.30. The standard InChI is InChI=1S/C18H19N7O3/c1-3-14(27)25(12-4-6-13(7-5-12)28-10(2)26)9-11-8-21-17-15(22-11)16(19)23-18(20)24-17/h4-8H,3,9H2,1-2H3,(H4,19,20,21,23,24). The number of rotatable bonds is 5. The van der Waals surface area contributed by atoms with E-state index in [0.29, 0.717) is 29.1 Å². The second-order valence-corrected chi connectivity index (χ2v) is 5.92. The van der Waals surface area contributed by atoms with E-state index in [1.54, 1.807) is 36.1 Å². The molecule has 0 fully saturated rings. The van der Waals surface area contributed by atoms with E-state index in [0.717, 1.165) is 0 Å². The number of amides is 1. The summed E-state index contributed by atoms with van der Waals surface area (Å²) in [5, 5.41) is 0. The molecular weight excluding hydrogens is 362 g/mol. The van der Waals surface area contributed by atoms with Crippen molar-refractivity contribution < 1.29 is 14.3 Å². The molecule has 0 radical (unpaired) electrons. The van der Waals surface area contributed by atoms with E-state index in [2.05, 4.69) is 19.9 Å². The first-order valence-electron chi connectivity index (χ1n) is 8.50. The van der Waals surface area contributed by atoms with Gasteiger partial charge in [0.05, 0.1) is 18.4 Å². The molecule has 0 aliphatic rings. The molecule has 0 saturated carbocycles. The molecule has 0 spiro atoms. The van der Waals surface area contributed by atoms with Crippen LogP contribution in [0.25, 0.3) is 11.2 Å². The van der Waals surface area contributed by atoms with Crippen LogP contribution in [0.4, 0.5) is 17.5 Å². The summed E-state index contributed by atoms with van der Waals surface area (Å²) >= 11 is 0. The maximum atomic E-state index is 12.5. The summed E-state index contributed by atoms with van der Waals surface area (Å²) < 4.78 is 5.02. The van der Waals surface area contributed by atoms with Gasteiger partial charge in [-0.1, -0.05) is 6.92 Å². The summed E-state index contributed by atoms with van der Waals surface area (Å²) in [4.78, 5) is 41.6. The van der Waals surface area contributed by atoms with Crippen molar-refractivity contribution in [2.75, 3.05) is 16.4 Å². The first-order chi connectivity index (χ1) is 13.4. The number of benzene rings is 1. The average Bonchev–Trinajstić information content (AvgIpc) is 2.66. The van der Waals surface area contributed by atoms with E-state index in [1.165, 1.54) is 13.1 Å². The zero-order chi connectivity index (χ0) is 20.3. The number of nitrogens with two attached hydrogens (primary N) is 2. The number of nitrogens with zero attached hydrogens (tertiary/aromatic N) is 5. The van der Waals surface area contributed by atoms with Gasteiger partial charge in [-0.15, -0.1) is 0 Å². The Balaban J connectivity index is 1.92. The Morgan fingerprint density at radius 2 is 1.82 bits per heavy atom. The fraction of sp³-hybridized carbons (Fsp3) is 0.222. The topological polar surface area (TPSA) is 150 Å². The van der Waals surface area contributed by atoms with Gasteiger partial charge >= 0.3 is 5.97 Å². The lowest BCUT2D eigenvalue weighted by Gasteiger charge is -2.22. The molecule has 4 N–H and O–H groups in total. The molecule has 0 atom stereocenters. The number of hydrogen-bond acceptors (Lipinski definition) is 9. The molecule has 0 unspecified atom stereocenters. The fourth-order valence-corrected chi connectivity index (χ4v) is 2.60. The van der Waals surface area contributed by atoms with Crippen LogP contribution in [0.3, 0.4) is 0 Å². The Morgan fingerprint density at radius 3 is 2.46 bits per heavy atom. The maximum absolute atomic E-state index is 12.5. The SMILES string of the molecule is CCC(=O)N(Cc1cnc2nc(N)nc(N)c2n1)c1ccc(OC(C)=O)cc1. The maximum Gasteiger partial charge on any atom is 0.308 e. The first-order valence-corrected chi connectivity index (χ1v) is 8.50. The highest BCUT2D eigenvalue weighted by Crippen LogP contribution is 2.23. The normalized spacial score (nSPS) is 10.6. The molecule has 0 bridgehead atoms. The molecule has 3 rings (SSSR count). The lowest BCUT2D eigenvalue weighted by atomic mass is 10.2. The van der Waals surface area contributed by atoms with Crippen molar-refractivity contribution in [3.05, 3.63) is 36.2 Å². The molecule has 3 aromatic rings. The van der Waals surface area contributed by atoms with Crippen LogP contribution in [0.15, 0.2) is 30.5 Å². The summed E-state index contributed by atoms with van der Waals surface area (Å²) in [5.41, 5.74) is 13.2. The third-order valence-electron chi connectivity index (χ3n) is 3.83. The van der Waals surface area contributed by atoms with Crippen molar-refractivity contribution in [3.63, 3.8) is 0 Å². The smallest absolute Gasteiger partial charge is 0.308 e. The van der Waals surface area contributed by atoms with Gasteiger partial charge in [-0.25, -0.2) is 9.97 Å². The van der Waals surface area contributed by atoms with E-state index in [4.69, 9.17) is 16.2 Å². The Kier molecular flexibility index (Phi) is 5.30. The van der Waals surface area contributed by atoms with Crippen molar-refractivity contribution in [1.82, 2.24) is 19.9 Å². The summed E-state index contributed by atoms with van der Waals surface area (Å²) in [6.45, 7) is 3.26. The Morgan fingerprint density at radius 1 is 1.11 bits per heavy atom. The predicted octanol–water partition coefficient (Wildman–Crippen LogP) is 1.45. The van der Waals surface area contributed by atoms with Crippen LogP contribution < -0.4 is 21.1 Å². The van der Waals surface area contributed by atoms with Crippen LogP contribution in [-0.4, -0.2) is 31.8 Å². The minimum absolute atomic E-state index is 0.0164. The van der Waals surface area contributed by atoms with Gasteiger partial charge in [0.2, 0.25) is 11.9 Å². The third-order valence-corrected chi connectivity index (χ3v) is 3.83. The molecule has 1 amide bonds. The number of nitrogen functional groups attached to an aromatic ring is 2. The Hall–Kier alpha value is -3.82. The highest BCUT2D eigenvalue weighted by Gasteiger charge is 2.17. The molecule has 0 saturated heterocycles. The van der Waals surface area contributed by atoms with Crippen LogP contribution in [0.5, 0.6) is 5.75 Å². The summed E-state index contributed by atoms with van der Waals surface area (Å²) in [5.74, 6) is 0.0107. The zero-order valence-electron chi connectivity index (χ0n) is 15.4. The van der Waals surface area contributed by atoms with Crippen molar-refractivity contribution >= 4 is 40.5 Å². The highest BCUT2D eigenvalue weighted by molar-refractivity contribution is 5.93. The molecule has 10 nitrogen and oxygen atoms in total. The molecule has 10 heteroatoms. The van der Waals surface area contributed by atoms with Crippen molar-refractivity contribution in [2.45, 2.75) is 26.8 Å². The second-order valence-electron chi connectivity index (χ2n) is 5.92. The number of carbonyl (C=O) groups excluding carboxylic acids is 2. The van der Waals surface area contributed by atoms with E-state index < -0.39 is 5.97 Å². The molecule has 2 heterocycles. The lowest BCUT2D eigenvalue weighted by molar-refractivity contribution is -0.131.